The molecule has 0 bridgehead atoms. The van der Waals surface area contributed by atoms with Gasteiger partial charge in [-0.1, -0.05) is 30.3 Å². The highest BCUT2D eigenvalue weighted by molar-refractivity contribution is 7.98. The number of nitrogens with zero attached hydrogens (tertiary/aromatic N) is 3. The molecular formula is C12H19ClN4S. The van der Waals surface area contributed by atoms with Crippen molar-refractivity contribution >= 4 is 29.2 Å². The maximum Gasteiger partial charge on any atom is 0.190 e. The summed E-state index contributed by atoms with van der Waals surface area (Å²) in [7, 11) is 0. The van der Waals surface area contributed by atoms with E-state index in [1.165, 1.54) is 31.1 Å². The van der Waals surface area contributed by atoms with Gasteiger partial charge in [-0.25, -0.2) is 9.97 Å². The van der Waals surface area contributed by atoms with E-state index in [4.69, 9.17) is 11.6 Å². The molecule has 1 atom stereocenters. The molecule has 0 spiro atoms. The Kier molecular flexibility index (Phi) is 5.09. The standard InChI is InChI=1S/C12H19ClN4S/c1-3-17-6-4-5-9(8-17)14-11-7-10(13)15-12(16-11)18-2/h7,9H,3-6,8H2,1-2H3,(H,14,15,16). The van der Waals surface area contributed by atoms with Crippen LogP contribution in [0, 0.1) is 0 Å². The monoisotopic (exact) mass is 286 g/mol. The van der Waals surface area contributed by atoms with Crippen molar-refractivity contribution in [3.8, 4) is 0 Å². The summed E-state index contributed by atoms with van der Waals surface area (Å²) in [5, 5.41) is 4.69. The molecule has 1 aromatic rings. The van der Waals surface area contributed by atoms with Gasteiger partial charge in [-0.3, -0.25) is 0 Å². The lowest BCUT2D eigenvalue weighted by Gasteiger charge is -2.32. The molecule has 1 unspecified atom stereocenters. The summed E-state index contributed by atoms with van der Waals surface area (Å²) >= 11 is 7.49. The Morgan fingerprint density at radius 1 is 1.56 bits per heavy atom. The summed E-state index contributed by atoms with van der Waals surface area (Å²) in [6, 6.07) is 2.26. The highest BCUT2D eigenvalue weighted by Gasteiger charge is 2.19. The maximum absolute atomic E-state index is 5.99. The van der Waals surface area contributed by atoms with Crippen LogP contribution in [0.5, 0.6) is 0 Å². The molecule has 2 heterocycles. The number of hydrogen-bond donors (Lipinski definition) is 1. The molecular weight excluding hydrogens is 268 g/mol. The van der Waals surface area contributed by atoms with Gasteiger partial charge in [0.15, 0.2) is 5.16 Å². The Hall–Kier alpha value is -0.520. The van der Waals surface area contributed by atoms with Gasteiger partial charge in [-0.05, 0) is 32.2 Å². The van der Waals surface area contributed by atoms with E-state index in [1.54, 1.807) is 6.07 Å². The zero-order chi connectivity index (χ0) is 13.0. The van der Waals surface area contributed by atoms with Crippen molar-refractivity contribution in [2.75, 3.05) is 31.2 Å². The first-order valence-corrected chi connectivity index (χ1v) is 7.89. The first kappa shape index (κ1) is 13.9. The van der Waals surface area contributed by atoms with E-state index in [9.17, 15) is 0 Å². The normalized spacial score (nSPS) is 20.9. The van der Waals surface area contributed by atoms with Gasteiger partial charge in [0.2, 0.25) is 0 Å². The number of rotatable bonds is 4. The molecule has 1 aliphatic rings. The van der Waals surface area contributed by atoms with Crippen molar-refractivity contribution in [1.29, 1.82) is 0 Å². The van der Waals surface area contributed by atoms with Crippen LogP contribution in [-0.4, -0.2) is 46.8 Å². The van der Waals surface area contributed by atoms with Crippen LogP contribution >= 0.6 is 23.4 Å². The average Bonchev–Trinajstić information content (AvgIpc) is 2.38. The second-order valence-corrected chi connectivity index (χ2v) is 5.60. The molecule has 0 amide bonds. The molecule has 100 valence electrons. The molecule has 1 aromatic heterocycles. The van der Waals surface area contributed by atoms with Gasteiger partial charge in [0.05, 0.1) is 0 Å². The molecule has 0 radical (unpaired) electrons. The fourth-order valence-corrected chi connectivity index (χ4v) is 2.84. The topological polar surface area (TPSA) is 41.0 Å². The Bertz CT molecular complexity index is 402. The van der Waals surface area contributed by atoms with Crippen LogP contribution in [0.15, 0.2) is 11.2 Å². The number of nitrogens with one attached hydrogen (secondary N) is 1. The molecule has 0 aromatic carbocycles. The van der Waals surface area contributed by atoms with E-state index in [-0.39, 0.29) is 0 Å². The van der Waals surface area contributed by atoms with E-state index in [2.05, 4.69) is 27.1 Å². The summed E-state index contributed by atoms with van der Waals surface area (Å²) in [6.07, 6.45) is 4.38. The third-order valence-electron chi connectivity index (χ3n) is 3.16. The van der Waals surface area contributed by atoms with Gasteiger partial charge < -0.3 is 10.2 Å². The van der Waals surface area contributed by atoms with Crippen LogP contribution in [-0.2, 0) is 0 Å². The van der Waals surface area contributed by atoms with Crippen molar-refractivity contribution in [2.45, 2.75) is 31.0 Å². The molecule has 0 aliphatic carbocycles. The maximum atomic E-state index is 5.99. The van der Waals surface area contributed by atoms with Crippen LogP contribution in [0.2, 0.25) is 5.15 Å². The van der Waals surface area contributed by atoms with Gasteiger partial charge in [0, 0.05) is 18.7 Å². The molecule has 2 rings (SSSR count). The molecule has 6 heteroatoms. The molecule has 1 fully saturated rings. The zero-order valence-electron chi connectivity index (χ0n) is 10.8. The summed E-state index contributed by atoms with van der Waals surface area (Å²) in [6.45, 7) is 5.59. The average molecular weight is 287 g/mol. The van der Waals surface area contributed by atoms with E-state index in [1.807, 2.05) is 6.26 Å². The molecule has 1 aliphatic heterocycles. The lowest BCUT2D eigenvalue weighted by atomic mass is 10.1. The third kappa shape index (κ3) is 3.73. The van der Waals surface area contributed by atoms with Crippen molar-refractivity contribution in [1.82, 2.24) is 14.9 Å². The first-order valence-electron chi connectivity index (χ1n) is 6.28. The SMILES string of the molecule is CCN1CCCC(Nc2cc(Cl)nc(SC)n2)C1. The number of likely N-dealkylation sites (N-methyl/N-ethyl adjacent to an activating group) is 1. The molecule has 1 saturated heterocycles. The number of hydrogen-bond acceptors (Lipinski definition) is 5. The Labute approximate surface area is 118 Å². The van der Waals surface area contributed by atoms with Crippen LogP contribution in [0.3, 0.4) is 0 Å². The van der Waals surface area contributed by atoms with E-state index < -0.39 is 0 Å². The fraction of sp³-hybridized carbons (Fsp3) is 0.667. The highest BCUT2D eigenvalue weighted by atomic mass is 35.5. The summed E-state index contributed by atoms with van der Waals surface area (Å²) in [4.78, 5) is 11.0. The van der Waals surface area contributed by atoms with Gasteiger partial charge >= 0.3 is 0 Å². The van der Waals surface area contributed by atoms with Crippen molar-refractivity contribution in [3.05, 3.63) is 11.2 Å². The first-order chi connectivity index (χ1) is 8.71. The third-order valence-corrected chi connectivity index (χ3v) is 3.90. The van der Waals surface area contributed by atoms with Gasteiger partial charge in [0.1, 0.15) is 11.0 Å². The Morgan fingerprint density at radius 2 is 2.39 bits per heavy atom. The van der Waals surface area contributed by atoms with Crippen molar-refractivity contribution in [2.24, 2.45) is 0 Å². The van der Waals surface area contributed by atoms with Crippen molar-refractivity contribution < 1.29 is 0 Å². The quantitative estimate of drug-likeness (QED) is 0.524. The second kappa shape index (κ2) is 6.59. The number of piperidine rings is 1. The minimum atomic E-state index is 0.458. The van der Waals surface area contributed by atoms with Crippen molar-refractivity contribution in [3.63, 3.8) is 0 Å². The van der Waals surface area contributed by atoms with Gasteiger partial charge in [-0.15, -0.1) is 0 Å². The lowest BCUT2D eigenvalue weighted by molar-refractivity contribution is 0.226. The minimum Gasteiger partial charge on any atom is -0.366 e. The highest BCUT2D eigenvalue weighted by Crippen LogP contribution is 2.20. The number of likely N-dealkylation sites (tertiary alicyclic amines) is 1. The summed E-state index contributed by atoms with van der Waals surface area (Å²) < 4.78 is 0. The fourth-order valence-electron chi connectivity index (χ4n) is 2.23. The van der Waals surface area contributed by atoms with E-state index in [0.29, 0.717) is 16.4 Å². The minimum absolute atomic E-state index is 0.458. The number of aromatic nitrogens is 2. The van der Waals surface area contributed by atoms with Gasteiger partial charge in [0.25, 0.3) is 0 Å². The molecule has 0 saturated carbocycles. The van der Waals surface area contributed by atoms with E-state index in [0.717, 1.165) is 18.9 Å². The van der Waals surface area contributed by atoms with Crippen LogP contribution < -0.4 is 5.32 Å². The number of thioether (sulfide) groups is 1. The molecule has 4 nitrogen and oxygen atoms in total. The summed E-state index contributed by atoms with van der Waals surface area (Å²) in [5.74, 6) is 0.835. The second-order valence-electron chi connectivity index (χ2n) is 4.44. The smallest absolute Gasteiger partial charge is 0.190 e. The molecule has 18 heavy (non-hydrogen) atoms. The van der Waals surface area contributed by atoms with Crippen LogP contribution in [0.25, 0.3) is 0 Å². The lowest BCUT2D eigenvalue weighted by Crippen LogP contribution is -2.42. The molecule has 1 N–H and O–H groups in total. The zero-order valence-corrected chi connectivity index (χ0v) is 12.4. The Balaban J connectivity index is 2.02. The largest absolute Gasteiger partial charge is 0.366 e. The number of anilines is 1. The van der Waals surface area contributed by atoms with E-state index >= 15 is 0 Å². The number of halogens is 1. The van der Waals surface area contributed by atoms with Gasteiger partial charge in [-0.2, -0.15) is 0 Å². The predicted octanol–water partition coefficient (Wildman–Crippen LogP) is 2.75. The van der Waals surface area contributed by atoms with Crippen LogP contribution in [0.4, 0.5) is 5.82 Å². The predicted molar refractivity (Wildman–Crippen MR) is 77.6 cm³/mol. The van der Waals surface area contributed by atoms with Crippen LogP contribution in [0.1, 0.15) is 19.8 Å². The Morgan fingerprint density at radius 3 is 3.11 bits per heavy atom. The summed E-state index contributed by atoms with van der Waals surface area (Å²) in [5.41, 5.74) is 0.